The number of anilines is 2. The molecule has 176 valence electrons. The van der Waals surface area contributed by atoms with Gasteiger partial charge in [-0.3, -0.25) is 9.69 Å². The molecule has 0 fully saturated rings. The number of methoxy groups -OCH3 is 1. The predicted octanol–water partition coefficient (Wildman–Crippen LogP) is 5.90. The molecule has 2 heterocycles. The van der Waals surface area contributed by atoms with Crippen LogP contribution in [0.2, 0.25) is 0 Å². The number of para-hydroxylation sites is 1. The molecule has 1 atom stereocenters. The van der Waals surface area contributed by atoms with Crippen molar-refractivity contribution in [3.8, 4) is 17.1 Å². The van der Waals surface area contributed by atoms with Crippen molar-refractivity contribution < 1.29 is 23.5 Å². The third-order valence-electron chi connectivity index (χ3n) is 5.85. The molecule has 0 saturated heterocycles. The van der Waals surface area contributed by atoms with Gasteiger partial charge in [0.2, 0.25) is 0 Å². The van der Waals surface area contributed by atoms with Crippen LogP contribution in [0.5, 0.6) is 5.75 Å². The second kappa shape index (κ2) is 9.38. The number of nitrogens with one attached hydrogen (secondary N) is 1. The Balaban J connectivity index is 1.49. The van der Waals surface area contributed by atoms with E-state index in [1.807, 2.05) is 66.7 Å². The first-order chi connectivity index (χ1) is 17.1. The average molecular weight is 469 g/mol. The fourth-order valence-electron chi connectivity index (χ4n) is 4.10. The summed E-state index contributed by atoms with van der Waals surface area (Å²) in [6.07, 6.45) is -0.557. The van der Waals surface area contributed by atoms with Crippen LogP contribution in [0.3, 0.4) is 0 Å². The van der Waals surface area contributed by atoms with Crippen LogP contribution in [0.25, 0.3) is 11.3 Å². The number of hydrogen-bond donors (Lipinski definition) is 1. The third kappa shape index (κ3) is 4.24. The molecule has 0 bridgehead atoms. The van der Waals surface area contributed by atoms with Crippen molar-refractivity contribution in [2.45, 2.75) is 13.1 Å². The number of hydrogen-bond acceptors (Lipinski definition) is 6. The van der Waals surface area contributed by atoms with Gasteiger partial charge in [-0.1, -0.05) is 24.3 Å². The van der Waals surface area contributed by atoms with E-state index in [1.165, 1.54) is 0 Å². The second-order valence-corrected chi connectivity index (χ2v) is 7.97. The van der Waals surface area contributed by atoms with Crippen molar-refractivity contribution in [2.24, 2.45) is 0 Å². The van der Waals surface area contributed by atoms with Gasteiger partial charge in [-0.05, 0) is 67.6 Å². The number of esters is 1. The molecule has 1 N–H and O–H groups in total. The van der Waals surface area contributed by atoms with Crippen LogP contribution >= 0.6 is 0 Å². The fraction of sp³-hybridized carbons (Fsp3) is 0.143. The topological polar surface area (TPSA) is 81.0 Å². The number of nitrogens with zero attached hydrogens (tertiary/aromatic N) is 1. The van der Waals surface area contributed by atoms with Gasteiger partial charge in [0, 0.05) is 16.9 Å². The molecule has 0 aliphatic carbocycles. The van der Waals surface area contributed by atoms with E-state index in [0.717, 1.165) is 11.3 Å². The summed E-state index contributed by atoms with van der Waals surface area (Å²) in [5.74, 6) is 1.41. The van der Waals surface area contributed by atoms with Crippen LogP contribution in [0.1, 0.15) is 39.6 Å². The molecule has 0 radical (unpaired) electrons. The summed E-state index contributed by atoms with van der Waals surface area (Å²) in [5.41, 5.74) is 3.32. The molecule has 0 unspecified atom stereocenters. The lowest BCUT2D eigenvalue weighted by molar-refractivity contribution is 0.0526. The first-order valence-electron chi connectivity index (χ1n) is 11.3. The lowest BCUT2D eigenvalue weighted by atomic mass is 10.1. The van der Waals surface area contributed by atoms with Gasteiger partial charge in [-0.25, -0.2) is 4.79 Å². The monoisotopic (exact) mass is 468 g/mol. The van der Waals surface area contributed by atoms with E-state index in [9.17, 15) is 9.59 Å². The Hall–Kier alpha value is -4.52. The number of rotatable bonds is 6. The van der Waals surface area contributed by atoms with Gasteiger partial charge < -0.3 is 19.2 Å². The minimum atomic E-state index is -0.557. The van der Waals surface area contributed by atoms with E-state index >= 15 is 0 Å². The van der Waals surface area contributed by atoms with Crippen molar-refractivity contribution >= 4 is 23.3 Å². The average Bonchev–Trinajstić information content (AvgIpc) is 3.39. The normalized spacial score (nSPS) is 14.7. The number of ether oxygens (including phenoxy) is 2. The molecule has 1 aromatic heterocycles. The standard InChI is InChI=1S/C28H24N2O5/c1-3-34-28(32)19-10-8-18(9-11-19)24-16-17-25(35-24)26-29-23-7-5-4-6-22(23)27(31)30(26)20-12-14-21(33-2)15-13-20/h4-17,26,29H,3H2,1-2H3/t26-/m1/s1. The van der Waals surface area contributed by atoms with Crippen molar-refractivity contribution in [2.75, 3.05) is 23.9 Å². The second-order valence-electron chi connectivity index (χ2n) is 7.97. The molecule has 7 heteroatoms. The highest BCUT2D eigenvalue weighted by molar-refractivity contribution is 6.12. The van der Waals surface area contributed by atoms with Crippen LogP contribution in [0.4, 0.5) is 11.4 Å². The smallest absolute Gasteiger partial charge is 0.338 e. The van der Waals surface area contributed by atoms with Crippen molar-refractivity contribution in [3.63, 3.8) is 0 Å². The Bertz CT molecular complexity index is 1360. The van der Waals surface area contributed by atoms with Gasteiger partial charge in [-0.15, -0.1) is 0 Å². The van der Waals surface area contributed by atoms with E-state index in [1.54, 1.807) is 37.1 Å². The van der Waals surface area contributed by atoms with Crippen molar-refractivity contribution in [1.29, 1.82) is 0 Å². The Kier molecular flexibility index (Phi) is 5.97. The molecule has 1 amide bonds. The highest BCUT2D eigenvalue weighted by atomic mass is 16.5. The molecule has 0 spiro atoms. The summed E-state index contributed by atoms with van der Waals surface area (Å²) in [5, 5.41) is 3.44. The highest BCUT2D eigenvalue weighted by Crippen LogP contribution is 2.38. The largest absolute Gasteiger partial charge is 0.497 e. The van der Waals surface area contributed by atoms with Crippen LogP contribution < -0.4 is 15.0 Å². The number of fused-ring (bicyclic) bond motifs is 1. The molecule has 1 aliphatic heterocycles. The van der Waals surface area contributed by atoms with Gasteiger partial charge in [0.25, 0.3) is 5.91 Å². The molecule has 1 aliphatic rings. The summed E-state index contributed by atoms with van der Waals surface area (Å²) in [4.78, 5) is 27.2. The molecule has 4 aromatic rings. The number of benzene rings is 3. The molecule has 0 saturated carbocycles. The van der Waals surface area contributed by atoms with E-state index in [-0.39, 0.29) is 11.9 Å². The van der Waals surface area contributed by atoms with E-state index in [2.05, 4.69) is 5.32 Å². The molecular weight excluding hydrogens is 444 g/mol. The fourth-order valence-corrected chi connectivity index (χ4v) is 4.10. The first-order valence-corrected chi connectivity index (χ1v) is 11.3. The Morgan fingerprint density at radius 1 is 0.971 bits per heavy atom. The minimum absolute atomic E-state index is 0.133. The molecule has 35 heavy (non-hydrogen) atoms. The summed E-state index contributed by atoms with van der Waals surface area (Å²) < 4.78 is 16.5. The Labute approximate surface area is 202 Å². The van der Waals surface area contributed by atoms with Crippen molar-refractivity contribution in [3.05, 3.63) is 102 Å². The SMILES string of the molecule is CCOC(=O)c1ccc(-c2ccc([C@@H]3Nc4ccccc4C(=O)N3c3ccc(OC)cc3)o2)cc1. The quantitative estimate of drug-likeness (QED) is 0.355. The Morgan fingerprint density at radius 3 is 2.43 bits per heavy atom. The zero-order valence-electron chi connectivity index (χ0n) is 19.4. The summed E-state index contributed by atoms with van der Waals surface area (Å²) in [6, 6.07) is 25.5. The van der Waals surface area contributed by atoms with E-state index in [4.69, 9.17) is 13.9 Å². The molecule has 7 nitrogen and oxygen atoms in total. The minimum Gasteiger partial charge on any atom is -0.497 e. The molecule has 3 aromatic carbocycles. The molecule has 5 rings (SSSR count). The van der Waals surface area contributed by atoms with Crippen LogP contribution in [0.15, 0.2) is 89.3 Å². The number of carbonyl (C=O) groups is 2. The zero-order valence-corrected chi connectivity index (χ0v) is 19.4. The van der Waals surface area contributed by atoms with E-state index < -0.39 is 6.17 Å². The predicted molar refractivity (Wildman–Crippen MR) is 133 cm³/mol. The van der Waals surface area contributed by atoms with Gasteiger partial charge in [0.1, 0.15) is 17.3 Å². The third-order valence-corrected chi connectivity index (χ3v) is 5.85. The zero-order chi connectivity index (χ0) is 24.4. The van der Waals surface area contributed by atoms with Crippen LogP contribution in [-0.2, 0) is 4.74 Å². The van der Waals surface area contributed by atoms with Gasteiger partial charge >= 0.3 is 5.97 Å². The number of amides is 1. The van der Waals surface area contributed by atoms with E-state index in [0.29, 0.717) is 40.7 Å². The molecular formula is C28H24N2O5. The maximum Gasteiger partial charge on any atom is 0.338 e. The summed E-state index contributed by atoms with van der Waals surface area (Å²) in [7, 11) is 1.60. The number of carbonyl (C=O) groups excluding carboxylic acids is 2. The highest BCUT2D eigenvalue weighted by Gasteiger charge is 2.35. The number of furan rings is 1. The summed E-state index contributed by atoms with van der Waals surface area (Å²) >= 11 is 0. The van der Waals surface area contributed by atoms with Gasteiger partial charge in [0.05, 0.1) is 24.8 Å². The summed E-state index contributed by atoms with van der Waals surface area (Å²) in [6.45, 7) is 2.09. The van der Waals surface area contributed by atoms with Crippen LogP contribution in [0, 0.1) is 0 Å². The van der Waals surface area contributed by atoms with Crippen LogP contribution in [-0.4, -0.2) is 25.6 Å². The van der Waals surface area contributed by atoms with Crippen molar-refractivity contribution in [1.82, 2.24) is 0 Å². The Morgan fingerprint density at radius 2 is 1.71 bits per heavy atom. The van der Waals surface area contributed by atoms with Gasteiger partial charge in [-0.2, -0.15) is 0 Å². The first kappa shape index (κ1) is 22.3. The maximum atomic E-state index is 13.6. The lowest BCUT2D eigenvalue weighted by Gasteiger charge is -2.36. The van der Waals surface area contributed by atoms with Gasteiger partial charge in [0.15, 0.2) is 6.17 Å². The lowest BCUT2D eigenvalue weighted by Crippen LogP contribution is -2.43. The maximum absolute atomic E-state index is 13.6.